The van der Waals surface area contributed by atoms with Crippen LogP contribution in [0.5, 0.6) is 0 Å². The fourth-order valence-corrected chi connectivity index (χ4v) is 3.53. The molecule has 0 saturated heterocycles. The van der Waals surface area contributed by atoms with Crippen LogP contribution < -0.4 is 4.72 Å². The van der Waals surface area contributed by atoms with E-state index in [4.69, 9.17) is 28.3 Å². The van der Waals surface area contributed by atoms with Gasteiger partial charge >= 0.3 is 0 Å². The Balaban J connectivity index is 2.27. The van der Waals surface area contributed by atoms with Crippen molar-refractivity contribution in [2.75, 3.05) is 0 Å². The molecule has 1 aromatic heterocycles. The van der Waals surface area contributed by atoms with E-state index in [0.717, 1.165) is 0 Å². The molecule has 21 heavy (non-hydrogen) atoms. The number of aliphatic hydroxyl groups is 1. The van der Waals surface area contributed by atoms with Gasteiger partial charge in [-0.25, -0.2) is 13.1 Å². The topological polar surface area (TPSA) is 79.3 Å². The van der Waals surface area contributed by atoms with E-state index in [1.54, 1.807) is 24.5 Å². The third kappa shape index (κ3) is 3.93. The third-order valence-corrected chi connectivity index (χ3v) is 4.97. The molecule has 1 heterocycles. The Bertz CT molecular complexity index is 737. The van der Waals surface area contributed by atoms with Gasteiger partial charge in [-0.1, -0.05) is 29.3 Å². The summed E-state index contributed by atoms with van der Waals surface area (Å²) < 4.78 is 27.0. The van der Waals surface area contributed by atoms with E-state index in [1.807, 2.05) is 0 Å². The Hall–Kier alpha value is -1.18. The van der Waals surface area contributed by atoms with Crippen LogP contribution in [-0.2, 0) is 23.2 Å². The molecule has 0 atom stereocenters. The summed E-state index contributed by atoms with van der Waals surface area (Å²) in [6, 6.07) is 6.02. The fraction of sp³-hybridized carbons (Fsp3) is 0.154. The molecule has 2 aromatic rings. The lowest BCUT2D eigenvalue weighted by Crippen LogP contribution is -2.23. The summed E-state index contributed by atoms with van der Waals surface area (Å²) in [7, 11) is -3.82. The molecule has 0 spiro atoms. The Morgan fingerprint density at radius 1 is 1.24 bits per heavy atom. The molecule has 0 radical (unpaired) electrons. The van der Waals surface area contributed by atoms with Gasteiger partial charge in [0, 0.05) is 24.0 Å². The number of nitrogens with zero attached hydrogens (tertiary/aromatic N) is 1. The quantitative estimate of drug-likeness (QED) is 0.870. The van der Waals surface area contributed by atoms with Crippen LogP contribution in [0.15, 0.2) is 41.6 Å². The highest BCUT2D eigenvalue weighted by Gasteiger charge is 2.19. The second-order valence-electron chi connectivity index (χ2n) is 4.22. The molecule has 0 aliphatic carbocycles. The smallest absolute Gasteiger partial charge is 0.242 e. The number of sulfonamides is 1. The lowest BCUT2D eigenvalue weighted by molar-refractivity contribution is 0.281. The molecule has 0 unspecified atom stereocenters. The summed E-state index contributed by atoms with van der Waals surface area (Å²) in [6.45, 7) is -0.287. The van der Waals surface area contributed by atoms with Crippen molar-refractivity contribution in [3.63, 3.8) is 0 Å². The van der Waals surface area contributed by atoms with Crippen LogP contribution in [0.1, 0.15) is 11.1 Å². The van der Waals surface area contributed by atoms with Gasteiger partial charge in [-0.2, -0.15) is 0 Å². The van der Waals surface area contributed by atoms with Gasteiger partial charge in [-0.05, 0) is 29.3 Å². The number of aromatic nitrogens is 1. The minimum Gasteiger partial charge on any atom is -0.392 e. The summed E-state index contributed by atoms with van der Waals surface area (Å²) in [5, 5.41) is 9.37. The van der Waals surface area contributed by atoms with Gasteiger partial charge in [-0.3, -0.25) is 4.98 Å². The minimum atomic E-state index is -3.82. The number of halogens is 2. The average Bonchev–Trinajstić information content (AvgIpc) is 2.46. The number of hydrogen-bond donors (Lipinski definition) is 2. The molecule has 2 rings (SSSR count). The fourth-order valence-electron chi connectivity index (χ4n) is 1.66. The van der Waals surface area contributed by atoms with Crippen LogP contribution in [0.4, 0.5) is 0 Å². The number of hydrogen-bond acceptors (Lipinski definition) is 4. The summed E-state index contributed by atoms with van der Waals surface area (Å²) >= 11 is 11.8. The highest BCUT2D eigenvalue weighted by atomic mass is 35.5. The van der Waals surface area contributed by atoms with Crippen LogP contribution in [0.3, 0.4) is 0 Å². The van der Waals surface area contributed by atoms with Crippen molar-refractivity contribution >= 4 is 33.2 Å². The van der Waals surface area contributed by atoms with Crippen LogP contribution in [0.25, 0.3) is 0 Å². The first-order valence-corrected chi connectivity index (χ1v) is 8.15. The molecule has 1 aromatic carbocycles. The average molecular weight is 347 g/mol. The van der Waals surface area contributed by atoms with E-state index in [2.05, 4.69) is 9.71 Å². The van der Waals surface area contributed by atoms with Crippen LogP contribution >= 0.6 is 23.2 Å². The standard InChI is InChI=1S/C13H12Cl2N2O3S/c14-11-5-12(15)13(4-10(11)8-18)21(19,20)17-7-9-2-1-3-16-6-9/h1-6,17-18H,7-8H2. The molecule has 5 nitrogen and oxygen atoms in total. The molecule has 8 heteroatoms. The maximum atomic E-state index is 12.3. The van der Waals surface area contributed by atoms with E-state index in [9.17, 15) is 8.42 Å². The van der Waals surface area contributed by atoms with E-state index in [0.29, 0.717) is 11.1 Å². The van der Waals surface area contributed by atoms with Gasteiger partial charge in [0.25, 0.3) is 0 Å². The molecule has 0 fully saturated rings. The van der Waals surface area contributed by atoms with Crippen LogP contribution in [-0.4, -0.2) is 18.5 Å². The first-order valence-electron chi connectivity index (χ1n) is 5.91. The van der Waals surface area contributed by atoms with Crippen molar-refractivity contribution in [2.45, 2.75) is 18.0 Å². The zero-order chi connectivity index (χ0) is 15.5. The lowest BCUT2D eigenvalue weighted by Gasteiger charge is -2.10. The van der Waals surface area contributed by atoms with Gasteiger partial charge < -0.3 is 5.11 Å². The van der Waals surface area contributed by atoms with Crippen molar-refractivity contribution < 1.29 is 13.5 Å². The normalized spacial score (nSPS) is 11.6. The van der Waals surface area contributed by atoms with E-state index in [1.165, 1.54) is 12.1 Å². The highest BCUT2D eigenvalue weighted by molar-refractivity contribution is 7.89. The van der Waals surface area contributed by atoms with Gasteiger partial charge in [-0.15, -0.1) is 0 Å². The molecule has 0 amide bonds. The van der Waals surface area contributed by atoms with Gasteiger partial charge in [0.15, 0.2) is 0 Å². The largest absolute Gasteiger partial charge is 0.392 e. The molecule has 0 bridgehead atoms. The first kappa shape index (κ1) is 16.2. The third-order valence-electron chi connectivity index (χ3n) is 2.75. The van der Waals surface area contributed by atoms with E-state index < -0.39 is 10.0 Å². The number of benzene rings is 1. The molecular weight excluding hydrogens is 335 g/mol. The van der Waals surface area contributed by atoms with E-state index in [-0.39, 0.29) is 28.1 Å². The summed E-state index contributed by atoms with van der Waals surface area (Å²) in [5.41, 5.74) is 1.01. The number of nitrogens with one attached hydrogen (secondary N) is 1. The van der Waals surface area contributed by atoms with Crippen LogP contribution in [0, 0.1) is 0 Å². The highest BCUT2D eigenvalue weighted by Crippen LogP contribution is 2.28. The zero-order valence-electron chi connectivity index (χ0n) is 10.8. The molecule has 2 N–H and O–H groups in total. The van der Waals surface area contributed by atoms with Crippen LogP contribution in [0.2, 0.25) is 10.0 Å². The summed E-state index contributed by atoms with van der Waals surface area (Å²) in [5.74, 6) is 0. The van der Waals surface area contributed by atoms with Gasteiger partial charge in [0.2, 0.25) is 10.0 Å². The van der Waals surface area contributed by atoms with Crippen molar-refractivity contribution in [1.82, 2.24) is 9.71 Å². The van der Waals surface area contributed by atoms with E-state index >= 15 is 0 Å². The molecular formula is C13H12Cl2N2O3S. The van der Waals surface area contributed by atoms with Crippen molar-refractivity contribution in [3.05, 3.63) is 57.8 Å². The molecule has 0 saturated carbocycles. The SMILES string of the molecule is O=S(=O)(NCc1cccnc1)c1cc(CO)c(Cl)cc1Cl. The monoisotopic (exact) mass is 346 g/mol. The van der Waals surface area contributed by atoms with Gasteiger partial charge in [0.05, 0.1) is 11.6 Å². The Morgan fingerprint density at radius 2 is 2.00 bits per heavy atom. The number of aliphatic hydroxyl groups excluding tert-OH is 1. The first-order chi connectivity index (χ1) is 9.94. The zero-order valence-corrected chi connectivity index (χ0v) is 13.1. The Labute approximate surface area is 132 Å². The number of rotatable bonds is 5. The summed E-state index contributed by atoms with van der Waals surface area (Å²) in [6.07, 6.45) is 3.16. The Morgan fingerprint density at radius 3 is 2.62 bits per heavy atom. The van der Waals surface area contributed by atoms with Crippen molar-refractivity contribution in [2.24, 2.45) is 0 Å². The molecule has 0 aliphatic heterocycles. The predicted molar refractivity (Wildman–Crippen MR) is 80.6 cm³/mol. The molecule has 112 valence electrons. The molecule has 0 aliphatic rings. The van der Waals surface area contributed by atoms with Crippen molar-refractivity contribution in [1.29, 1.82) is 0 Å². The summed E-state index contributed by atoms with van der Waals surface area (Å²) in [4.78, 5) is 3.78. The lowest BCUT2D eigenvalue weighted by atomic mass is 10.2. The minimum absolute atomic E-state index is 0.00381. The second kappa shape index (κ2) is 6.72. The maximum absolute atomic E-state index is 12.3. The number of pyridine rings is 1. The Kier molecular flexibility index (Phi) is 5.18. The maximum Gasteiger partial charge on any atom is 0.242 e. The second-order valence-corrected chi connectivity index (χ2v) is 6.77. The predicted octanol–water partition coefficient (Wildman–Crippen LogP) is 2.36. The van der Waals surface area contributed by atoms with Gasteiger partial charge in [0.1, 0.15) is 4.90 Å². The van der Waals surface area contributed by atoms with Crippen molar-refractivity contribution in [3.8, 4) is 0 Å².